The molecule has 0 bridgehead atoms. The van der Waals surface area contributed by atoms with E-state index in [0.29, 0.717) is 18.9 Å². The third-order valence-corrected chi connectivity index (χ3v) is 4.09. The number of hydrogen-bond acceptors (Lipinski definition) is 4. The maximum Gasteiger partial charge on any atom is 0.434 e. The molecule has 2 aromatic rings. The van der Waals surface area contributed by atoms with Gasteiger partial charge in [0.2, 0.25) is 0 Å². The normalized spacial score (nSPS) is 19.9. The fourth-order valence-electron chi connectivity index (χ4n) is 3.08. The number of aryl methyl sites for hydroxylation is 1. The summed E-state index contributed by atoms with van der Waals surface area (Å²) in [5, 5.41) is 0. The molecule has 0 aromatic carbocycles. The summed E-state index contributed by atoms with van der Waals surface area (Å²) in [6.07, 6.45) is 3.47. The van der Waals surface area contributed by atoms with E-state index in [1.54, 1.807) is 19.4 Å². The van der Waals surface area contributed by atoms with Crippen molar-refractivity contribution in [3.63, 3.8) is 0 Å². The lowest BCUT2D eigenvalue weighted by Crippen LogP contribution is -2.34. The molecule has 124 valence electrons. The molecule has 0 spiro atoms. The summed E-state index contributed by atoms with van der Waals surface area (Å²) in [4.78, 5) is 14.0. The minimum absolute atomic E-state index is 0.00878. The predicted octanol–water partition coefficient (Wildman–Crippen LogP) is 2.61. The molecule has 1 atom stereocenters. The minimum Gasteiger partial charge on any atom is -0.337 e. The second kappa shape index (κ2) is 6.27. The first-order chi connectivity index (χ1) is 10.9. The first kappa shape index (κ1) is 15.9. The van der Waals surface area contributed by atoms with E-state index in [1.165, 1.54) is 10.9 Å². The van der Waals surface area contributed by atoms with E-state index in [9.17, 15) is 13.2 Å². The van der Waals surface area contributed by atoms with Gasteiger partial charge >= 0.3 is 6.18 Å². The molecule has 0 unspecified atom stereocenters. The number of imidazole rings is 1. The molecular weight excluding hydrogens is 307 g/mol. The predicted molar refractivity (Wildman–Crippen MR) is 77.5 cm³/mol. The Morgan fingerprint density at radius 3 is 2.65 bits per heavy atom. The quantitative estimate of drug-likeness (QED) is 0.870. The molecule has 23 heavy (non-hydrogen) atoms. The van der Waals surface area contributed by atoms with Crippen LogP contribution >= 0.6 is 0 Å². The summed E-state index contributed by atoms with van der Waals surface area (Å²) < 4.78 is 39.9. The summed E-state index contributed by atoms with van der Waals surface area (Å²) in [6, 6.07) is 0. The number of halogens is 3. The Kier molecular flexibility index (Phi) is 4.34. The van der Waals surface area contributed by atoms with Crippen LogP contribution in [0.15, 0.2) is 24.9 Å². The van der Waals surface area contributed by atoms with Crippen LogP contribution in [0.2, 0.25) is 0 Å². The second-order valence-corrected chi connectivity index (χ2v) is 5.91. The van der Waals surface area contributed by atoms with Crippen LogP contribution in [-0.2, 0) is 19.8 Å². The highest BCUT2D eigenvalue weighted by atomic mass is 19.4. The van der Waals surface area contributed by atoms with Gasteiger partial charge in [-0.15, -0.1) is 0 Å². The van der Waals surface area contributed by atoms with Gasteiger partial charge < -0.3 is 4.57 Å². The van der Waals surface area contributed by atoms with Gasteiger partial charge in [0.1, 0.15) is 12.2 Å². The van der Waals surface area contributed by atoms with Crippen molar-refractivity contribution < 1.29 is 13.2 Å². The van der Waals surface area contributed by atoms with Gasteiger partial charge in [0.25, 0.3) is 0 Å². The summed E-state index contributed by atoms with van der Waals surface area (Å²) in [5.41, 5.74) is 0.188. The van der Waals surface area contributed by atoms with E-state index < -0.39 is 11.9 Å². The average molecular weight is 325 g/mol. The van der Waals surface area contributed by atoms with Crippen molar-refractivity contribution in [3.8, 4) is 0 Å². The molecule has 0 saturated carbocycles. The molecule has 1 aliphatic rings. The van der Waals surface area contributed by atoms with Crippen molar-refractivity contribution in [2.24, 2.45) is 7.05 Å². The number of likely N-dealkylation sites (tertiary alicyclic amines) is 1. The van der Waals surface area contributed by atoms with Crippen molar-refractivity contribution in [2.75, 3.05) is 13.1 Å². The molecule has 0 radical (unpaired) electrons. The molecule has 3 rings (SSSR count). The van der Waals surface area contributed by atoms with E-state index in [1.807, 2.05) is 0 Å². The lowest BCUT2D eigenvalue weighted by atomic mass is 9.97. The number of piperidine rings is 1. The van der Waals surface area contributed by atoms with Gasteiger partial charge in [-0.3, -0.25) is 4.90 Å². The zero-order chi connectivity index (χ0) is 16.4. The number of alkyl halides is 3. The Labute approximate surface area is 132 Å². The highest BCUT2D eigenvalue weighted by Gasteiger charge is 2.36. The summed E-state index contributed by atoms with van der Waals surface area (Å²) in [7, 11) is 1.63. The van der Waals surface area contributed by atoms with Crippen LogP contribution in [0.4, 0.5) is 13.2 Å². The fraction of sp³-hybridized carbons (Fsp3) is 0.533. The molecular formula is C15H18F3N5. The van der Waals surface area contributed by atoms with Crippen molar-refractivity contribution in [1.82, 2.24) is 24.4 Å². The summed E-state index contributed by atoms with van der Waals surface area (Å²) in [6.45, 7) is 2.31. The highest BCUT2D eigenvalue weighted by molar-refractivity contribution is 5.12. The minimum atomic E-state index is -4.40. The van der Waals surface area contributed by atoms with E-state index >= 15 is 0 Å². The largest absolute Gasteiger partial charge is 0.434 e. The molecule has 0 aliphatic carbocycles. The van der Waals surface area contributed by atoms with Crippen LogP contribution in [0.25, 0.3) is 0 Å². The topological polar surface area (TPSA) is 46.8 Å². The number of rotatable bonds is 3. The van der Waals surface area contributed by atoms with Crippen molar-refractivity contribution in [2.45, 2.75) is 31.5 Å². The van der Waals surface area contributed by atoms with Gasteiger partial charge in [-0.2, -0.15) is 13.2 Å². The highest BCUT2D eigenvalue weighted by Crippen LogP contribution is 2.32. The molecule has 0 amide bonds. The van der Waals surface area contributed by atoms with Crippen LogP contribution in [0.5, 0.6) is 0 Å². The maximum absolute atomic E-state index is 12.8. The number of hydrogen-bond donors (Lipinski definition) is 0. The summed E-state index contributed by atoms with van der Waals surface area (Å²) >= 11 is 0. The van der Waals surface area contributed by atoms with E-state index in [-0.39, 0.29) is 5.92 Å². The molecule has 5 nitrogen and oxygen atoms in total. The lowest BCUT2D eigenvalue weighted by Gasteiger charge is -2.32. The molecule has 0 N–H and O–H groups in total. The fourth-order valence-corrected chi connectivity index (χ4v) is 3.08. The van der Waals surface area contributed by atoms with Crippen molar-refractivity contribution in [3.05, 3.63) is 42.0 Å². The molecule has 1 saturated heterocycles. The zero-order valence-corrected chi connectivity index (χ0v) is 12.8. The van der Waals surface area contributed by atoms with Crippen LogP contribution in [0.3, 0.4) is 0 Å². The van der Waals surface area contributed by atoms with Gasteiger partial charge in [0, 0.05) is 50.2 Å². The molecule has 1 fully saturated rings. The first-order valence-electron chi connectivity index (χ1n) is 7.50. The SMILES string of the molecule is Cn1cc(C(F)(F)F)nc1[C@@H]1CCCN(Cc2cncnc2)C1. The monoisotopic (exact) mass is 325 g/mol. The summed E-state index contributed by atoms with van der Waals surface area (Å²) in [5.74, 6) is 0.515. The Bertz CT molecular complexity index is 653. The van der Waals surface area contributed by atoms with E-state index in [4.69, 9.17) is 0 Å². The second-order valence-electron chi connectivity index (χ2n) is 5.91. The Hall–Kier alpha value is -1.96. The van der Waals surface area contributed by atoms with Crippen LogP contribution in [-0.4, -0.2) is 37.5 Å². The van der Waals surface area contributed by atoms with Gasteiger partial charge in [-0.05, 0) is 19.4 Å². The Morgan fingerprint density at radius 1 is 1.26 bits per heavy atom. The van der Waals surface area contributed by atoms with Crippen molar-refractivity contribution in [1.29, 1.82) is 0 Å². The van der Waals surface area contributed by atoms with Gasteiger partial charge in [0.15, 0.2) is 5.69 Å². The molecule has 3 heterocycles. The third kappa shape index (κ3) is 3.69. The Morgan fingerprint density at radius 2 is 2.00 bits per heavy atom. The van der Waals surface area contributed by atoms with Crippen LogP contribution in [0.1, 0.15) is 35.8 Å². The van der Waals surface area contributed by atoms with Crippen molar-refractivity contribution >= 4 is 0 Å². The standard InChI is InChI=1S/C15H18F3N5/c1-22-9-13(15(16,17)18)21-14(22)12-3-2-4-23(8-12)7-11-5-19-10-20-6-11/h5-6,9-10,12H,2-4,7-8H2,1H3/t12-/m1/s1. The van der Waals surface area contributed by atoms with Crippen LogP contribution < -0.4 is 0 Å². The third-order valence-electron chi connectivity index (χ3n) is 4.09. The van der Waals surface area contributed by atoms with E-state index in [2.05, 4.69) is 19.9 Å². The maximum atomic E-state index is 12.8. The Balaban J connectivity index is 1.72. The van der Waals surface area contributed by atoms with E-state index in [0.717, 1.165) is 31.1 Å². The lowest BCUT2D eigenvalue weighted by molar-refractivity contribution is -0.141. The zero-order valence-electron chi connectivity index (χ0n) is 12.8. The average Bonchev–Trinajstić information content (AvgIpc) is 2.91. The van der Waals surface area contributed by atoms with Gasteiger partial charge in [-0.1, -0.05) is 0 Å². The molecule has 2 aromatic heterocycles. The molecule has 1 aliphatic heterocycles. The first-order valence-corrected chi connectivity index (χ1v) is 7.50. The number of nitrogens with zero attached hydrogens (tertiary/aromatic N) is 5. The van der Waals surface area contributed by atoms with Crippen LogP contribution in [0, 0.1) is 0 Å². The number of aromatic nitrogens is 4. The van der Waals surface area contributed by atoms with Gasteiger partial charge in [-0.25, -0.2) is 15.0 Å². The van der Waals surface area contributed by atoms with Gasteiger partial charge in [0.05, 0.1) is 0 Å². The smallest absolute Gasteiger partial charge is 0.337 e. The molecule has 8 heteroatoms.